The van der Waals surface area contributed by atoms with Gasteiger partial charge in [-0.1, -0.05) is 19.8 Å². The van der Waals surface area contributed by atoms with Crippen LogP contribution in [0.3, 0.4) is 0 Å². The number of rotatable bonds is 5. The molecule has 0 saturated carbocycles. The van der Waals surface area contributed by atoms with Gasteiger partial charge in [0.2, 0.25) is 0 Å². The van der Waals surface area contributed by atoms with Gasteiger partial charge in [-0.15, -0.1) is 0 Å². The highest BCUT2D eigenvalue weighted by atomic mass is 16.3. The second kappa shape index (κ2) is 7.43. The fourth-order valence-electron chi connectivity index (χ4n) is 2.94. The quantitative estimate of drug-likeness (QED) is 0.864. The van der Waals surface area contributed by atoms with E-state index in [1.807, 2.05) is 0 Å². The van der Waals surface area contributed by atoms with Crippen LogP contribution >= 0.6 is 0 Å². The maximum atomic E-state index is 9.68. The number of nitrogens with zero attached hydrogens (tertiary/aromatic N) is 3. The van der Waals surface area contributed by atoms with Crippen molar-refractivity contribution in [3.63, 3.8) is 0 Å². The Bertz CT molecular complexity index is 424. The Labute approximate surface area is 121 Å². The normalized spacial score (nSPS) is 19.8. The molecule has 2 rings (SSSR count). The number of hydrogen-bond acceptors (Lipinski definition) is 5. The monoisotopic (exact) mass is 278 g/mol. The van der Waals surface area contributed by atoms with E-state index in [4.69, 9.17) is 0 Å². The molecule has 0 bridgehead atoms. The summed E-state index contributed by atoms with van der Waals surface area (Å²) in [7, 11) is 0. The van der Waals surface area contributed by atoms with Crippen LogP contribution in [-0.2, 0) is 6.42 Å². The molecule has 2 heterocycles. The molecule has 5 heteroatoms. The lowest BCUT2D eigenvalue weighted by molar-refractivity contribution is 0.254. The first-order valence-corrected chi connectivity index (χ1v) is 7.77. The van der Waals surface area contributed by atoms with E-state index in [0.717, 1.165) is 43.1 Å². The van der Waals surface area contributed by atoms with E-state index < -0.39 is 0 Å². The minimum Gasteiger partial charge on any atom is -0.394 e. The van der Waals surface area contributed by atoms with E-state index in [9.17, 15) is 5.11 Å². The fraction of sp³-hybridized carbons (Fsp3) is 0.733. The van der Waals surface area contributed by atoms with Crippen LogP contribution in [0.25, 0.3) is 0 Å². The third-order valence-electron chi connectivity index (χ3n) is 3.98. The largest absolute Gasteiger partial charge is 0.394 e. The number of nitrogens with one attached hydrogen (secondary N) is 1. The maximum Gasteiger partial charge on any atom is 0.137 e. The molecule has 0 radical (unpaired) electrons. The predicted molar refractivity (Wildman–Crippen MR) is 82.3 cm³/mol. The van der Waals surface area contributed by atoms with Crippen molar-refractivity contribution in [3.8, 4) is 0 Å². The summed E-state index contributed by atoms with van der Waals surface area (Å²) >= 11 is 0. The fourth-order valence-corrected chi connectivity index (χ4v) is 2.94. The summed E-state index contributed by atoms with van der Waals surface area (Å²) in [6, 6.07) is 0.187. The molecule has 112 valence electrons. The highest BCUT2D eigenvalue weighted by Gasteiger charge is 2.24. The van der Waals surface area contributed by atoms with Gasteiger partial charge in [0.1, 0.15) is 18.0 Å². The SMILES string of the molecule is CCNc1ncnc(N2CCCCCC2CO)c1CC. The zero-order valence-corrected chi connectivity index (χ0v) is 12.6. The molecule has 1 saturated heterocycles. The zero-order valence-electron chi connectivity index (χ0n) is 12.6. The standard InChI is InChI=1S/C15H26N4O/c1-3-13-14(16-4-2)17-11-18-15(13)19-9-7-5-6-8-12(19)10-20/h11-12,20H,3-10H2,1-2H3,(H,16,17,18). The molecule has 0 aliphatic carbocycles. The number of aliphatic hydroxyl groups excluding tert-OH is 1. The molecular weight excluding hydrogens is 252 g/mol. The Hall–Kier alpha value is -1.36. The van der Waals surface area contributed by atoms with Crippen LogP contribution in [0.1, 0.15) is 45.1 Å². The first kappa shape index (κ1) is 15.0. The molecule has 1 atom stereocenters. The Balaban J connectivity index is 2.35. The number of aliphatic hydroxyl groups is 1. The van der Waals surface area contributed by atoms with Crippen LogP contribution in [0, 0.1) is 0 Å². The van der Waals surface area contributed by atoms with Gasteiger partial charge in [-0.3, -0.25) is 0 Å². The molecule has 1 aromatic rings. The summed E-state index contributed by atoms with van der Waals surface area (Å²) in [5, 5.41) is 13.0. The molecule has 2 N–H and O–H groups in total. The second-order valence-electron chi connectivity index (χ2n) is 5.29. The van der Waals surface area contributed by atoms with Crippen molar-refractivity contribution < 1.29 is 5.11 Å². The zero-order chi connectivity index (χ0) is 14.4. The van der Waals surface area contributed by atoms with Gasteiger partial charge in [0.15, 0.2) is 0 Å². The van der Waals surface area contributed by atoms with E-state index in [1.54, 1.807) is 6.33 Å². The minimum atomic E-state index is 0.187. The van der Waals surface area contributed by atoms with Gasteiger partial charge < -0.3 is 15.3 Å². The molecule has 0 aromatic carbocycles. The van der Waals surface area contributed by atoms with Gasteiger partial charge in [0.25, 0.3) is 0 Å². The summed E-state index contributed by atoms with van der Waals surface area (Å²) in [4.78, 5) is 11.2. The van der Waals surface area contributed by atoms with Gasteiger partial charge in [0, 0.05) is 18.7 Å². The van der Waals surface area contributed by atoms with Crippen molar-refractivity contribution in [1.82, 2.24) is 9.97 Å². The summed E-state index contributed by atoms with van der Waals surface area (Å²) in [6.45, 7) is 6.23. The van der Waals surface area contributed by atoms with E-state index in [1.165, 1.54) is 19.3 Å². The first-order chi connectivity index (χ1) is 9.81. The van der Waals surface area contributed by atoms with E-state index in [2.05, 4.69) is 34.0 Å². The summed E-state index contributed by atoms with van der Waals surface area (Å²) in [6.07, 6.45) is 7.16. The number of aromatic nitrogens is 2. The summed E-state index contributed by atoms with van der Waals surface area (Å²) in [5.41, 5.74) is 1.16. The van der Waals surface area contributed by atoms with Gasteiger partial charge in [0.05, 0.1) is 12.6 Å². The lowest BCUT2D eigenvalue weighted by atomic mass is 10.1. The minimum absolute atomic E-state index is 0.187. The number of anilines is 2. The molecule has 1 fully saturated rings. The maximum absolute atomic E-state index is 9.68. The van der Waals surface area contributed by atoms with Crippen LogP contribution in [0.2, 0.25) is 0 Å². The van der Waals surface area contributed by atoms with Crippen LogP contribution in [0.4, 0.5) is 11.6 Å². The van der Waals surface area contributed by atoms with Crippen molar-refractivity contribution >= 4 is 11.6 Å². The smallest absolute Gasteiger partial charge is 0.137 e. The first-order valence-electron chi connectivity index (χ1n) is 7.77. The average Bonchev–Trinajstić information content (AvgIpc) is 2.72. The molecule has 0 spiro atoms. The van der Waals surface area contributed by atoms with Crippen LogP contribution in [-0.4, -0.2) is 40.8 Å². The molecule has 1 unspecified atom stereocenters. The third kappa shape index (κ3) is 3.20. The average molecular weight is 278 g/mol. The second-order valence-corrected chi connectivity index (χ2v) is 5.29. The van der Waals surface area contributed by atoms with Crippen molar-refractivity contribution in [3.05, 3.63) is 11.9 Å². The Morgan fingerprint density at radius 1 is 1.30 bits per heavy atom. The van der Waals surface area contributed by atoms with Crippen LogP contribution in [0.5, 0.6) is 0 Å². The van der Waals surface area contributed by atoms with Gasteiger partial charge >= 0.3 is 0 Å². The van der Waals surface area contributed by atoms with Gasteiger partial charge in [-0.25, -0.2) is 9.97 Å². The molecule has 1 aromatic heterocycles. The van der Waals surface area contributed by atoms with Crippen LogP contribution in [0.15, 0.2) is 6.33 Å². The molecule has 1 aliphatic rings. The number of hydrogen-bond donors (Lipinski definition) is 2. The highest BCUT2D eigenvalue weighted by Crippen LogP contribution is 2.28. The molecule has 0 amide bonds. The Kier molecular flexibility index (Phi) is 5.59. The molecule has 5 nitrogen and oxygen atoms in total. The Morgan fingerprint density at radius 3 is 2.85 bits per heavy atom. The summed E-state index contributed by atoms with van der Waals surface area (Å²) in [5.74, 6) is 1.93. The third-order valence-corrected chi connectivity index (χ3v) is 3.98. The van der Waals surface area contributed by atoms with Crippen molar-refractivity contribution in [2.75, 3.05) is 29.9 Å². The van der Waals surface area contributed by atoms with Crippen molar-refractivity contribution in [2.45, 2.75) is 52.0 Å². The van der Waals surface area contributed by atoms with E-state index in [-0.39, 0.29) is 12.6 Å². The van der Waals surface area contributed by atoms with E-state index in [0.29, 0.717) is 0 Å². The molecular formula is C15H26N4O. The Morgan fingerprint density at radius 2 is 2.15 bits per heavy atom. The van der Waals surface area contributed by atoms with E-state index >= 15 is 0 Å². The van der Waals surface area contributed by atoms with Gasteiger partial charge in [-0.2, -0.15) is 0 Å². The van der Waals surface area contributed by atoms with Gasteiger partial charge in [-0.05, 0) is 26.2 Å². The lowest BCUT2D eigenvalue weighted by Crippen LogP contribution is -2.39. The highest BCUT2D eigenvalue weighted by molar-refractivity contribution is 5.59. The summed E-state index contributed by atoms with van der Waals surface area (Å²) < 4.78 is 0. The van der Waals surface area contributed by atoms with Crippen LogP contribution < -0.4 is 10.2 Å². The van der Waals surface area contributed by atoms with Crippen molar-refractivity contribution in [2.24, 2.45) is 0 Å². The topological polar surface area (TPSA) is 61.3 Å². The molecule has 20 heavy (non-hydrogen) atoms. The van der Waals surface area contributed by atoms with Crippen molar-refractivity contribution in [1.29, 1.82) is 0 Å². The molecule has 1 aliphatic heterocycles. The predicted octanol–water partition coefficient (Wildman–Crippen LogP) is 2.21. The lowest BCUT2D eigenvalue weighted by Gasteiger charge is -2.31.